The molecule has 6 heteroatoms. The number of hydrogen-bond donors (Lipinski definition) is 0. The Kier molecular flexibility index (Phi) is 4.39. The molecule has 2 aromatic heterocycles. The largest absolute Gasteiger partial charge is 0.256 e. The molecular weight excluding hydrogens is 310 g/mol. The fourth-order valence-electron chi connectivity index (χ4n) is 2.97. The highest BCUT2D eigenvalue weighted by Gasteiger charge is 2.31. The molecule has 0 radical (unpaired) electrons. The van der Waals surface area contributed by atoms with Gasteiger partial charge in [0.25, 0.3) is 0 Å². The third-order valence-corrected chi connectivity index (χ3v) is 6.49. The van der Waals surface area contributed by atoms with Crippen molar-refractivity contribution in [2.24, 2.45) is 0 Å². The van der Waals surface area contributed by atoms with E-state index in [1.807, 2.05) is 12.1 Å². The van der Waals surface area contributed by atoms with Gasteiger partial charge in [-0.3, -0.25) is 4.98 Å². The van der Waals surface area contributed by atoms with Gasteiger partial charge in [-0.15, -0.1) is 0 Å². The Labute approximate surface area is 135 Å². The van der Waals surface area contributed by atoms with Gasteiger partial charge < -0.3 is 0 Å². The van der Waals surface area contributed by atoms with Crippen molar-refractivity contribution in [2.75, 3.05) is 0 Å². The molecule has 0 aromatic carbocycles. The summed E-state index contributed by atoms with van der Waals surface area (Å²) in [7, 11) is -3.55. The van der Waals surface area contributed by atoms with E-state index in [2.05, 4.69) is 9.97 Å². The summed E-state index contributed by atoms with van der Waals surface area (Å²) in [6.07, 6.45) is 7.35. The third kappa shape index (κ3) is 3.10. The minimum absolute atomic E-state index is 0.0322. The van der Waals surface area contributed by atoms with Crippen LogP contribution in [0.4, 0.5) is 0 Å². The maximum absolute atomic E-state index is 12.9. The molecule has 0 amide bonds. The maximum Gasteiger partial charge on any atom is 0.184 e. The highest BCUT2D eigenvalue weighted by Crippen LogP contribution is 2.31. The summed E-state index contributed by atoms with van der Waals surface area (Å²) in [5.41, 5.74) is 1.22. The van der Waals surface area contributed by atoms with E-state index in [0.717, 1.165) is 19.3 Å². The van der Waals surface area contributed by atoms with Gasteiger partial charge in [0.05, 0.1) is 10.9 Å². The smallest absolute Gasteiger partial charge is 0.184 e. The van der Waals surface area contributed by atoms with Gasteiger partial charge in [0.2, 0.25) is 0 Å². The minimum atomic E-state index is -3.55. The fraction of sp³-hybridized carbons (Fsp3) is 0.353. The first-order valence-electron chi connectivity index (χ1n) is 7.68. The average Bonchev–Trinajstić information content (AvgIpc) is 2.62. The van der Waals surface area contributed by atoms with Crippen molar-refractivity contribution >= 4 is 9.84 Å². The lowest BCUT2D eigenvalue weighted by atomic mass is 10.0. The summed E-state index contributed by atoms with van der Waals surface area (Å²) in [5.74, 6) is 0. The molecule has 2 aromatic rings. The average molecular weight is 327 g/mol. The summed E-state index contributed by atoms with van der Waals surface area (Å²) in [6.45, 7) is 0. The molecule has 0 saturated heterocycles. The number of aromatic nitrogens is 2. The molecule has 3 rings (SSSR count). The van der Waals surface area contributed by atoms with Crippen LogP contribution in [0.25, 0.3) is 11.3 Å². The molecule has 2 heterocycles. The van der Waals surface area contributed by atoms with Gasteiger partial charge in [0, 0.05) is 18.0 Å². The number of sulfone groups is 1. The Balaban J connectivity index is 2.08. The van der Waals surface area contributed by atoms with Crippen LogP contribution in [0.3, 0.4) is 0 Å². The lowest BCUT2D eigenvalue weighted by molar-refractivity contribution is 0.483. The number of hydrogen-bond acceptors (Lipinski definition) is 5. The zero-order chi connectivity index (χ0) is 16.3. The zero-order valence-corrected chi connectivity index (χ0v) is 13.5. The molecule has 118 valence electrons. The first-order valence-corrected chi connectivity index (χ1v) is 9.23. The van der Waals surface area contributed by atoms with Gasteiger partial charge in [-0.2, -0.15) is 5.26 Å². The SMILES string of the molecule is N#Cc1ncc(-c2ccccn2)cc1S(=O)(=O)C1CCCCC1. The van der Waals surface area contributed by atoms with E-state index in [9.17, 15) is 13.7 Å². The Hall–Kier alpha value is -2.26. The number of rotatable bonds is 3. The molecule has 0 spiro atoms. The first kappa shape index (κ1) is 15.6. The highest BCUT2D eigenvalue weighted by atomic mass is 32.2. The molecule has 1 aliphatic rings. The van der Waals surface area contributed by atoms with Crippen LogP contribution in [0.15, 0.2) is 41.6 Å². The molecule has 1 saturated carbocycles. The highest BCUT2D eigenvalue weighted by molar-refractivity contribution is 7.92. The molecular formula is C17H17N3O2S. The Morgan fingerprint density at radius 2 is 1.91 bits per heavy atom. The van der Waals surface area contributed by atoms with Crippen molar-refractivity contribution < 1.29 is 8.42 Å². The van der Waals surface area contributed by atoms with E-state index in [1.54, 1.807) is 18.3 Å². The van der Waals surface area contributed by atoms with E-state index in [0.29, 0.717) is 24.1 Å². The normalized spacial score (nSPS) is 16.0. The monoisotopic (exact) mass is 327 g/mol. The molecule has 0 bridgehead atoms. The zero-order valence-electron chi connectivity index (χ0n) is 12.6. The summed E-state index contributed by atoms with van der Waals surface area (Å²) >= 11 is 0. The predicted molar refractivity (Wildman–Crippen MR) is 86.2 cm³/mol. The van der Waals surface area contributed by atoms with Crippen molar-refractivity contribution in [3.63, 3.8) is 0 Å². The fourth-order valence-corrected chi connectivity index (χ4v) is 4.95. The van der Waals surface area contributed by atoms with Crippen LogP contribution in [0, 0.1) is 11.3 Å². The quantitative estimate of drug-likeness (QED) is 0.865. The van der Waals surface area contributed by atoms with Crippen molar-refractivity contribution in [3.05, 3.63) is 42.4 Å². The Bertz CT molecular complexity index is 836. The number of pyridine rings is 2. The molecule has 0 N–H and O–H groups in total. The summed E-state index contributed by atoms with van der Waals surface area (Å²) in [6, 6.07) is 8.86. The first-order chi connectivity index (χ1) is 11.1. The lowest BCUT2D eigenvalue weighted by Gasteiger charge is -2.22. The molecule has 0 aliphatic heterocycles. The summed E-state index contributed by atoms with van der Waals surface area (Å²) in [5, 5.41) is 8.84. The molecule has 1 aliphatic carbocycles. The van der Waals surface area contributed by atoms with E-state index < -0.39 is 15.1 Å². The van der Waals surface area contributed by atoms with E-state index in [1.165, 1.54) is 12.3 Å². The second-order valence-electron chi connectivity index (χ2n) is 5.70. The molecule has 0 unspecified atom stereocenters. The Morgan fingerprint density at radius 1 is 1.13 bits per heavy atom. The van der Waals surface area contributed by atoms with E-state index >= 15 is 0 Å². The van der Waals surface area contributed by atoms with Crippen LogP contribution in [-0.4, -0.2) is 23.6 Å². The van der Waals surface area contributed by atoms with Crippen LogP contribution in [0.5, 0.6) is 0 Å². The third-order valence-electron chi connectivity index (χ3n) is 4.22. The van der Waals surface area contributed by atoms with Crippen LogP contribution in [-0.2, 0) is 9.84 Å². The lowest BCUT2D eigenvalue weighted by Crippen LogP contribution is -2.25. The predicted octanol–water partition coefficient (Wildman–Crippen LogP) is 3.12. The number of nitrogens with zero attached hydrogens (tertiary/aromatic N) is 3. The van der Waals surface area contributed by atoms with Crippen LogP contribution in [0.1, 0.15) is 37.8 Å². The van der Waals surface area contributed by atoms with Crippen LogP contribution < -0.4 is 0 Å². The molecule has 5 nitrogen and oxygen atoms in total. The van der Waals surface area contributed by atoms with Gasteiger partial charge >= 0.3 is 0 Å². The maximum atomic E-state index is 12.9. The molecule has 0 atom stereocenters. The second-order valence-corrected chi connectivity index (χ2v) is 7.90. The standard InChI is InChI=1S/C17H17N3O2S/c18-11-16-17(23(21,22)14-6-2-1-3-7-14)10-13(12-20-16)15-8-4-5-9-19-15/h4-5,8-10,12,14H,1-3,6-7H2. The Morgan fingerprint density at radius 3 is 2.57 bits per heavy atom. The van der Waals surface area contributed by atoms with Crippen molar-refractivity contribution in [1.29, 1.82) is 5.26 Å². The minimum Gasteiger partial charge on any atom is -0.256 e. The second kappa shape index (κ2) is 6.47. The van der Waals surface area contributed by atoms with Gasteiger partial charge in [-0.1, -0.05) is 25.3 Å². The molecule has 1 fully saturated rings. The van der Waals surface area contributed by atoms with E-state index in [4.69, 9.17) is 0 Å². The van der Waals surface area contributed by atoms with Gasteiger partial charge in [-0.25, -0.2) is 13.4 Å². The van der Waals surface area contributed by atoms with Crippen molar-refractivity contribution in [2.45, 2.75) is 42.2 Å². The summed E-state index contributed by atoms with van der Waals surface area (Å²) < 4.78 is 25.9. The van der Waals surface area contributed by atoms with Gasteiger partial charge in [0.15, 0.2) is 15.5 Å². The van der Waals surface area contributed by atoms with Crippen LogP contribution in [0.2, 0.25) is 0 Å². The van der Waals surface area contributed by atoms with Crippen molar-refractivity contribution in [3.8, 4) is 17.3 Å². The molecule has 23 heavy (non-hydrogen) atoms. The topological polar surface area (TPSA) is 83.7 Å². The van der Waals surface area contributed by atoms with Crippen LogP contribution >= 0.6 is 0 Å². The van der Waals surface area contributed by atoms with Crippen molar-refractivity contribution in [1.82, 2.24) is 9.97 Å². The van der Waals surface area contributed by atoms with Gasteiger partial charge in [0.1, 0.15) is 11.0 Å². The van der Waals surface area contributed by atoms with E-state index in [-0.39, 0.29) is 10.6 Å². The summed E-state index contributed by atoms with van der Waals surface area (Å²) in [4.78, 5) is 8.31. The van der Waals surface area contributed by atoms with Gasteiger partial charge in [-0.05, 0) is 31.0 Å². The number of nitriles is 1.